The first-order valence-corrected chi connectivity index (χ1v) is 8.84. The maximum Gasteiger partial charge on any atom is 0.279 e. The predicted molar refractivity (Wildman–Crippen MR) is 101 cm³/mol. The van der Waals surface area contributed by atoms with Crippen LogP contribution in [0.5, 0.6) is 0 Å². The third kappa shape index (κ3) is 3.59. The van der Waals surface area contributed by atoms with Crippen LogP contribution in [-0.4, -0.2) is 15.4 Å². The Kier molecular flexibility index (Phi) is 4.91. The summed E-state index contributed by atoms with van der Waals surface area (Å²) in [5.74, 6) is -0.369. The topological polar surface area (TPSA) is 77.5 Å². The summed E-state index contributed by atoms with van der Waals surface area (Å²) in [6.45, 7) is 4.17. The van der Waals surface area contributed by atoms with Gasteiger partial charge >= 0.3 is 0 Å². The van der Waals surface area contributed by atoms with E-state index in [0.717, 1.165) is 9.99 Å². The number of aromatic nitrogens is 1. The van der Waals surface area contributed by atoms with Crippen LogP contribution in [0.1, 0.15) is 10.4 Å². The minimum atomic E-state index is -0.444. The van der Waals surface area contributed by atoms with Gasteiger partial charge in [0.15, 0.2) is 4.80 Å². The Balaban J connectivity index is 2.14. The molecule has 0 saturated heterocycles. The molecule has 0 aliphatic heterocycles. The Morgan fingerprint density at radius 1 is 1.32 bits per heavy atom. The maximum absolute atomic E-state index is 12.4. The summed E-state index contributed by atoms with van der Waals surface area (Å²) in [6.07, 6.45) is 1.69. The number of hydrogen-bond acceptors (Lipinski definition) is 4. The van der Waals surface area contributed by atoms with E-state index in [1.807, 2.05) is 4.57 Å². The van der Waals surface area contributed by atoms with Crippen LogP contribution in [-0.2, 0) is 6.54 Å². The fraction of sp³-hybridized carbons (Fsp3) is 0.0588. The number of nitrogens with zero attached hydrogens (tertiary/aromatic N) is 3. The van der Waals surface area contributed by atoms with Crippen molar-refractivity contribution in [1.82, 2.24) is 4.57 Å². The summed E-state index contributed by atoms with van der Waals surface area (Å²) in [6, 6.07) is 11.5. The minimum absolute atomic E-state index is 0.00490. The van der Waals surface area contributed by atoms with Crippen molar-refractivity contribution in [2.45, 2.75) is 6.54 Å². The number of hydrogen-bond donors (Lipinski definition) is 0. The van der Waals surface area contributed by atoms with Gasteiger partial charge in [0.1, 0.15) is 0 Å². The number of fused-ring (bicyclic) bond motifs is 1. The molecule has 2 aromatic carbocycles. The summed E-state index contributed by atoms with van der Waals surface area (Å²) in [4.78, 5) is 27.6. The monoisotopic (exact) mass is 417 g/mol. The van der Waals surface area contributed by atoms with Gasteiger partial charge in [0.2, 0.25) is 0 Å². The average molecular weight is 418 g/mol. The van der Waals surface area contributed by atoms with Gasteiger partial charge in [0, 0.05) is 28.7 Å². The molecule has 0 saturated carbocycles. The summed E-state index contributed by atoms with van der Waals surface area (Å²) < 4.78 is 3.38. The maximum atomic E-state index is 12.4. The summed E-state index contributed by atoms with van der Waals surface area (Å²) in [5.41, 5.74) is 1.25. The van der Waals surface area contributed by atoms with Crippen LogP contribution < -0.4 is 4.80 Å². The van der Waals surface area contributed by atoms with E-state index in [1.54, 1.807) is 36.4 Å². The Morgan fingerprint density at radius 2 is 2.04 bits per heavy atom. The minimum Gasteiger partial charge on any atom is -0.312 e. The number of halogens is 1. The van der Waals surface area contributed by atoms with Crippen LogP contribution in [0.2, 0.25) is 0 Å². The van der Waals surface area contributed by atoms with Crippen LogP contribution >= 0.6 is 27.3 Å². The molecule has 1 heterocycles. The van der Waals surface area contributed by atoms with Gasteiger partial charge in [-0.1, -0.05) is 33.3 Å². The second-order valence-corrected chi connectivity index (χ2v) is 7.04. The average Bonchev–Trinajstić information content (AvgIpc) is 2.92. The van der Waals surface area contributed by atoms with Gasteiger partial charge in [-0.15, -0.1) is 6.58 Å². The molecular weight excluding hydrogens is 406 g/mol. The second kappa shape index (κ2) is 7.12. The molecule has 0 bridgehead atoms. The first kappa shape index (κ1) is 17.2. The number of carbonyl (C=O) groups is 1. The Bertz CT molecular complexity index is 1050. The molecule has 3 rings (SSSR count). The number of nitro groups is 1. The van der Waals surface area contributed by atoms with Crippen molar-refractivity contribution in [2.75, 3.05) is 0 Å². The highest BCUT2D eigenvalue weighted by Gasteiger charge is 2.12. The van der Waals surface area contributed by atoms with Gasteiger partial charge in [-0.25, -0.2) is 0 Å². The zero-order chi connectivity index (χ0) is 18.0. The second-order valence-electron chi connectivity index (χ2n) is 5.12. The molecule has 3 aromatic rings. The predicted octanol–water partition coefficient (Wildman–Crippen LogP) is 4.30. The Hall–Kier alpha value is -2.58. The molecule has 0 spiro atoms. The first-order valence-electron chi connectivity index (χ1n) is 7.23. The molecule has 126 valence electrons. The largest absolute Gasteiger partial charge is 0.312 e. The highest BCUT2D eigenvalue weighted by atomic mass is 79.9. The van der Waals surface area contributed by atoms with Gasteiger partial charge in [-0.05, 0) is 30.3 Å². The van der Waals surface area contributed by atoms with Crippen molar-refractivity contribution in [3.05, 3.63) is 80.1 Å². The lowest BCUT2D eigenvalue weighted by molar-refractivity contribution is -0.384. The summed E-state index contributed by atoms with van der Waals surface area (Å²) >= 11 is 4.56. The molecule has 1 amide bonds. The highest BCUT2D eigenvalue weighted by molar-refractivity contribution is 9.10. The molecule has 8 heteroatoms. The van der Waals surface area contributed by atoms with Gasteiger partial charge in [0.25, 0.3) is 11.6 Å². The smallest absolute Gasteiger partial charge is 0.279 e. The fourth-order valence-corrected chi connectivity index (χ4v) is 3.65. The number of rotatable bonds is 4. The van der Waals surface area contributed by atoms with Gasteiger partial charge in [-0.3, -0.25) is 14.9 Å². The number of thiazole rings is 1. The van der Waals surface area contributed by atoms with Crippen molar-refractivity contribution >= 4 is 49.1 Å². The lowest BCUT2D eigenvalue weighted by Gasteiger charge is -2.01. The van der Waals surface area contributed by atoms with Gasteiger partial charge in [-0.2, -0.15) is 4.99 Å². The van der Waals surface area contributed by atoms with Crippen LogP contribution in [0.3, 0.4) is 0 Å². The van der Waals surface area contributed by atoms with Gasteiger partial charge in [0.05, 0.1) is 15.1 Å². The molecule has 0 aliphatic rings. The lowest BCUT2D eigenvalue weighted by atomic mass is 10.2. The molecule has 0 aliphatic carbocycles. The van der Waals surface area contributed by atoms with E-state index < -0.39 is 4.92 Å². The molecule has 25 heavy (non-hydrogen) atoms. The van der Waals surface area contributed by atoms with Crippen molar-refractivity contribution in [1.29, 1.82) is 0 Å². The Morgan fingerprint density at radius 3 is 2.68 bits per heavy atom. The van der Waals surface area contributed by atoms with E-state index in [0.29, 0.717) is 21.6 Å². The van der Waals surface area contributed by atoms with E-state index in [4.69, 9.17) is 0 Å². The Labute approximate surface area is 155 Å². The van der Waals surface area contributed by atoms with Crippen LogP contribution in [0, 0.1) is 10.1 Å². The molecule has 0 unspecified atom stereocenters. The number of carbonyl (C=O) groups excluding carboxylic acids is 1. The zero-order valence-electron chi connectivity index (χ0n) is 12.9. The number of benzene rings is 2. The number of amides is 1. The molecule has 0 N–H and O–H groups in total. The quantitative estimate of drug-likeness (QED) is 0.360. The first-order chi connectivity index (χ1) is 12.0. The standard InChI is InChI=1S/C17H12BrN3O3S/c1-2-9-20-14-8-7-13(21(23)24)10-15(14)25-17(20)19-16(22)11-3-5-12(18)6-4-11/h2-8,10H,1,9H2. The van der Waals surface area contributed by atoms with E-state index in [1.165, 1.54) is 23.5 Å². The van der Waals surface area contributed by atoms with Crippen LogP contribution in [0.15, 0.2) is 64.6 Å². The third-order valence-corrected chi connectivity index (χ3v) is 5.05. The highest BCUT2D eigenvalue weighted by Crippen LogP contribution is 2.23. The SMILES string of the molecule is C=CCn1c(=NC(=O)c2ccc(Br)cc2)sc2cc([N+](=O)[O-])ccc21. The van der Waals surface area contributed by atoms with Crippen molar-refractivity contribution in [3.63, 3.8) is 0 Å². The van der Waals surface area contributed by atoms with Crippen molar-refractivity contribution in [3.8, 4) is 0 Å². The van der Waals surface area contributed by atoms with E-state index in [-0.39, 0.29) is 11.6 Å². The molecular formula is C17H12BrN3O3S. The zero-order valence-corrected chi connectivity index (χ0v) is 15.3. The lowest BCUT2D eigenvalue weighted by Crippen LogP contribution is -2.16. The van der Waals surface area contributed by atoms with E-state index in [9.17, 15) is 14.9 Å². The summed E-state index contributed by atoms with van der Waals surface area (Å²) in [5, 5.41) is 11.0. The number of non-ortho nitro benzene ring substituents is 1. The van der Waals surface area contributed by atoms with Gasteiger partial charge < -0.3 is 4.57 Å². The van der Waals surface area contributed by atoms with Crippen LogP contribution in [0.25, 0.3) is 10.2 Å². The molecule has 6 nitrogen and oxygen atoms in total. The number of nitro benzene ring substituents is 1. The van der Waals surface area contributed by atoms with E-state index >= 15 is 0 Å². The molecule has 0 fully saturated rings. The van der Waals surface area contributed by atoms with Crippen LogP contribution in [0.4, 0.5) is 5.69 Å². The van der Waals surface area contributed by atoms with Crippen molar-refractivity contribution < 1.29 is 9.72 Å². The summed E-state index contributed by atoms with van der Waals surface area (Å²) in [7, 11) is 0. The third-order valence-electron chi connectivity index (χ3n) is 3.48. The fourth-order valence-electron chi connectivity index (χ4n) is 2.31. The molecule has 0 radical (unpaired) electrons. The molecule has 1 aromatic heterocycles. The van der Waals surface area contributed by atoms with E-state index in [2.05, 4.69) is 27.5 Å². The number of allylic oxidation sites excluding steroid dienone is 1. The molecule has 0 atom stereocenters. The normalized spacial score (nSPS) is 11.6. The van der Waals surface area contributed by atoms with Crippen molar-refractivity contribution in [2.24, 2.45) is 4.99 Å².